The van der Waals surface area contributed by atoms with E-state index in [0.717, 1.165) is 17.7 Å². The van der Waals surface area contributed by atoms with Crippen LogP contribution in [-0.4, -0.2) is 19.3 Å². The summed E-state index contributed by atoms with van der Waals surface area (Å²) in [6, 6.07) is 7.76. The molecular formula is C12H18FNO. The molecule has 15 heavy (non-hydrogen) atoms. The Morgan fingerprint density at radius 2 is 1.93 bits per heavy atom. The Balaban J connectivity index is 2.51. The van der Waals surface area contributed by atoms with Gasteiger partial charge in [0.25, 0.3) is 0 Å². The average molecular weight is 211 g/mol. The molecule has 0 aromatic heterocycles. The first-order chi connectivity index (χ1) is 7.07. The summed E-state index contributed by atoms with van der Waals surface area (Å²) in [6.07, 6.45) is 1.44. The van der Waals surface area contributed by atoms with Crippen LogP contribution in [0.15, 0.2) is 24.3 Å². The third kappa shape index (κ3) is 3.88. The molecule has 0 amide bonds. The molecule has 0 saturated carbocycles. The van der Waals surface area contributed by atoms with Crippen molar-refractivity contribution in [3.63, 3.8) is 0 Å². The summed E-state index contributed by atoms with van der Waals surface area (Å²) in [5.41, 5.74) is 6.17. The zero-order chi connectivity index (χ0) is 11.3. The van der Waals surface area contributed by atoms with Crippen LogP contribution in [0.25, 0.3) is 0 Å². The van der Waals surface area contributed by atoms with E-state index in [1.54, 1.807) is 14.0 Å². The largest absolute Gasteiger partial charge is 0.497 e. The summed E-state index contributed by atoms with van der Waals surface area (Å²) in [4.78, 5) is 0. The number of hydrogen-bond acceptors (Lipinski definition) is 2. The van der Waals surface area contributed by atoms with Gasteiger partial charge in [0.05, 0.1) is 7.11 Å². The van der Waals surface area contributed by atoms with Gasteiger partial charge in [0.1, 0.15) is 12.4 Å². The van der Waals surface area contributed by atoms with Crippen molar-refractivity contribution in [3.05, 3.63) is 29.8 Å². The summed E-state index contributed by atoms with van der Waals surface area (Å²) >= 11 is 0. The number of alkyl halides is 1. The highest BCUT2D eigenvalue weighted by molar-refractivity contribution is 5.27. The Morgan fingerprint density at radius 1 is 1.33 bits per heavy atom. The summed E-state index contributed by atoms with van der Waals surface area (Å²) in [5, 5.41) is 0. The predicted octanol–water partition coefficient (Wildman–Crippen LogP) is 2.31. The summed E-state index contributed by atoms with van der Waals surface area (Å²) in [5.74, 6) is 0.833. The first-order valence-corrected chi connectivity index (χ1v) is 5.05. The summed E-state index contributed by atoms with van der Waals surface area (Å²) < 4.78 is 17.5. The number of ether oxygens (including phenoxy) is 1. The lowest BCUT2D eigenvalue weighted by atomic mass is 9.96. The molecule has 1 aromatic carbocycles. The fourth-order valence-corrected chi connectivity index (χ4v) is 1.29. The molecule has 0 saturated heterocycles. The van der Waals surface area contributed by atoms with E-state index < -0.39 is 12.2 Å². The fraction of sp³-hybridized carbons (Fsp3) is 0.500. The average Bonchev–Trinajstić information content (AvgIpc) is 2.27. The van der Waals surface area contributed by atoms with E-state index in [1.807, 2.05) is 24.3 Å². The van der Waals surface area contributed by atoms with Crippen molar-refractivity contribution in [2.45, 2.75) is 25.3 Å². The lowest BCUT2D eigenvalue weighted by molar-refractivity contribution is 0.312. The highest BCUT2D eigenvalue weighted by atomic mass is 19.1. The first kappa shape index (κ1) is 12.0. The van der Waals surface area contributed by atoms with Crippen LogP contribution in [0.1, 0.15) is 18.9 Å². The second kappa shape index (κ2) is 5.12. The molecule has 2 N–H and O–H groups in total. The van der Waals surface area contributed by atoms with E-state index in [-0.39, 0.29) is 0 Å². The standard InChI is InChI=1S/C12H18FNO/c1-12(14,9-13)8-7-10-3-5-11(15-2)6-4-10/h3-6H,7-9,14H2,1-2H3. The number of nitrogens with two attached hydrogens (primary N) is 1. The quantitative estimate of drug-likeness (QED) is 0.811. The lowest BCUT2D eigenvalue weighted by Crippen LogP contribution is -2.38. The Labute approximate surface area is 90.2 Å². The molecule has 0 aliphatic rings. The molecule has 1 rings (SSSR count). The second-order valence-corrected chi connectivity index (χ2v) is 4.14. The van der Waals surface area contributed by atoms with Crippen molar-refractivity contribution in [2.75, 3.05) is 13.8 Å². The Hall–Kier alpha value is -1.09. The third-order valence-corrected chi connectivity index (χ3v) is 2.45. The van der Waals surface area contributed by atoms with Crippen LogP contribution in [0.2, 0.25) is 0 Å². The molecule has 0 aliphatic carbocycles. The first-order valence-electron chi connectivity index (χ1n) is 5.05. The van der Waals surface area contributed by atoms with Gasteiger partial charge < -0.3 is 10.5 Å². The summed E-state index contributed by atoms with van der Waals surface area (Å²) in [6.45, 7) is 1.25. The van der Waals surface area contributed by atoms with E-state index in [2.05, 4.69) is 0 Å². The van der Waals surface area contributed by atoms with Crippen LogP contribution in [0.5, 0.6) is 5.75 Å². The van der Waals surface area contributed by atoms with Gasteiger partial charge in [-0.3, -0.25) is 0 Å². The van der Waals surface area contributed by atoms with Crippen molar-refractivity contribution < 1.29 is 9.13 Å². The topological polar surface area (TPSA) is 35.2 Å². The van der Waals surface area contributed by atoms with Gasteiger partial charge in [-0.05, 0) is 37.5 Å². The van der Waals surface area contributed by atoms with E-state index in [0.29, 0.717) is 6.42 Å². The van der Waals surface area contributed by atoms with E-state index in [1.165, 1.54) is 0 Å². The van der Waals surface area contributed by atoms with E-state index in [4.69, 9.17) is 10.5 Å². The van der Waals surface area contributed by atoms with Crippen molar-refractivity contribution >= 4 is 0 Å². The molecule has 1 atom stereocenters. The minimum Gasteiger partial charge on any atom is -0.497 e. The molecule has 3 heteroatoms. The molecular weight excluding hydrogens is 193 g/mol. The number of aryl methyl sites for hydroxylation is 1. The molecule has 0 fully saturated rings. The minimum atomic E-state index is -0.708. The van der Waals surface area contributed by atoms with Gasteiger partial charge in [-0.15, -0.1) is 0 Å². The van der Waals surface area contributed by atoms with Gasteiger partial charge in [-0.2, -0.15) is 0 Å². The number of hydrogen-bond donors (Lipinski definition) is 1. The van der Waals surface area contributed by atoms with Gasteiger partial charge >= 0.3 is 0 Å². The molecule has 0 radical (unpaired) electrons. The van der Waals surface area contributed by atoms with Crippen LogP contribution >= 0.6 is 0 Å². The fourth-order valence-electron chi connectivity index (χ4n) is 1.29. The Morgan fingerprint density at radius 3 is 2.40 bits per heavy atom. The van der Waals surface area contributed by atoms with Crippen LogP contribution in [0.3, 0.4) is 0 Å². The SMILES string of the molecule is COc1ccc(CCC(C)(N)CF)cc1. The van der Waals surface area contributed by atoms with Crippen LogP contribution in [0, 0.1) is 0 Å². The monoisotopic (exact) mass is 211 g/mol. The maximum absolute atomic E-state index is 12.4. The zero-order valence-electron chi connectivity index (χ0n) is 9.29. The van der Waals surface area contributed by atoms with Gasteiger partial charge in [0.15, 0.2) is 0 Å². The minimum absolute atomic E-state index is 0.483. The highest BCUT2D eigenvalue weighted by Gasteiger charge is 2.17. The van der Waals surface area contributed by atoms with Gasteiger partial charge in [0, 0.05) is 5.54 Å². The number of methoxy groups -OCH3 is 1. The van der Waals surface area contributed by atoms with Crippen LogP contribution in [-0.2, 0) is 6.42 Å². The molecule has 2 nitrogen and oxygen atoms in total. The highest BCUT2D eigenvalue weighted by Crippen LogP contribution is 2.15. The number of rotatable bonds is 5. The third-order valence-electron chi connectivity index (χ3n) is 2.45. The van der Waals surface area contributed by atoms with Gasteiger partial charge in [-0.1, -0.05) is 12.1 Å². The molecule has 1 unspecified atom stereocenters. The molecule has 0 bridgehead atoms. The number of halogens is 1. The second-order valence-electron chi connectivity index (χ2n) is 4.14. The predicted molar refractivity (Wildman–Crippen MR) is 59.9 cm³/mol. The van der Waals surface area contributed by atoms with Crippen molar-refractivity contribution in [1.82, 2.24) is 0 Å². The zero-order valence-corrected chi connectivity index (χ0v) is 9.29. The maximum atomic E-state index is 12.4. The molecule has 0 heterocycles. The lowest BCUT2D eigenvalue weighted by Gasteiger charge is -2.20. The molecule has 1 aromatic rings. The van der Waals surface area contributed by atoms with Crippen molar-refractivity contribution in [2.24, 2.45) is 5.73 Å². The van der Waals surface area contributed by atoms with E-state index in [9.17, 15) is 4.39 Å². The Kier molecular flexibility index (Phi) is 4.09. The van der Waals surface area contributed by atoms with Gasteiger partial charge in [-0.25, -0.2) is 4.39 Å². The molecule has 0 spiro atoms. The smallest absolute Gasteiger partial charge is 0.118 e. The molecule has 84 valence electrons. The van der Waals surface area contributed by atoms with Crippen LogP contribution in [0.4, 0.5) is 4.39 Å². The van der Waals surface area contributed by atoms with Crippen molar-refractivity contribution in [1.29, 1.82) is 0 Å². The normalized spacial score (nSPS) is 14.7. The van der Waals surface area contributed by atoms with E-state index >= 15 is 0 Å². The van der Waals surface area contributed by atoms with Crippen LogP contribution < -0.4 is 10.5 Å². The summed E-state index contributed by atoms with van der Waals surface area (Å²) in [7, 11) is 1.63. The molecule has 0 aliphatic heterocycles. The maximum Gasteiger partial charge on any atom is 0.118 e. The Bertz CT molecular complexity index is 295. The van der Waals surface area contributed by atoms with Gasteiger partial charge in [0.2, 0.25) is 0 Å². The number of benzene rings is 1. The van der Waals surface area contributed by atoms with Crippen molar-refractivity contribution in [3.8, 4) is 5.75 Å².